The Kier molecular flexibility index (Phi) is 6.11. The first-order valence-electron chi connectivity index (χ1n) is 8.44. The second-order valence-corrected chi connectivity index (χ2v) is 9.51. The van der Waals surface area contributed by atoms with E-state index in [0.717, 1.165) is 10.5 Å². The normalized spacial score (nSPS) is 11.2. The Labute approximate surface area is 168 Å². The Morgan fingerprint density at radius 1 is 1.07 bits per heavy atom. The van der Waals surface area contributed by atoms with Gasteiger partial charge in [0.1, 0.15) is 0 Å². The van der Waals surface area contributed by atoms with E-state index in [1.807, 2.05) is 25.1 Å². The number of anilines is 1. The largest absolute Gasteiger partial charge is 0.322 e. The lowest BCUT2D eigenvalue weighted by atomic mass is 10.1. The van der Waals surface area contributed by atoms with Crippen molar-refractivity contribution in [1.29, 1.82) is 0 Å². The number of carbonyl (C=O) groups is 1. The van der Waals surface area contributed by atoms with E-state index >= 15 is 0 Å². The molecule has 0 radical (unpaired) electrons. The monoisotopic (exact) mass is 413 g/mol. The van der Waals surface area contributed by atoms with Crippen LogP contribution in [0.5, 0.6) is 0 Å². The molecule has 28 heavy (non-hydrogen) atoms. The minimum atomic E-state index is -3.10. The van der Waals surface area contributed by atoms with Gasteiger partial charge in [0, 0.05) is 34.8 Å². The summed E-state index contributed by atoms with van der Waals surface area (Å²) >= 11 is 1.45. The predicted molar refractivity (Wildman–Crippen MR) is 110 cm³/mol. The number of carbonyl (C=O) groups excluding carboxylic acids is 1. The number of rotatable bonds is 6. The fourth-order valence-corrected chi connectivity index (χ4v) is 4.14. The molecule has 1 heterocycles. The van der Waals surface area contributed by atoms with Gasteiger partial charge in [0.15, 0.2) is 15.0 Å². The zero-order chi connectivity index (χ0) is 20.1. The van der Waals surface area contributed by atoms with Gasteiger partial charge in [0.05, 0.1) is 5.75 Å². The molecule has 0 aliphatic heterocycles. The zero-order valence-electron chi connectivity index (χ0n) is 15.4. The highest BCUT2D eigenvalue weighted by Gasteiger charge is 2.10. The molecule has 8 heteroatoms. The van der Waals surface area contributed by atoms with Crippen LogP contribution in [-0.2, 0) is 15.6 Å². The van der Waals surface area contributed by atoms with Crippen LogP contribution in [0, 0.1) is 6.92 Å². The maximum atomic E-state index is 12.5. The van der Waals surface area contributed by atoms with Gasteiger partial charge in [-0.3, -0.25) is 4.79 Å². The zero-order valence-corrected chi connectivity index (χ0v) is 17.0. The quantitative estimate of drug-likeness (QED) is 0.620. The van der Waals surface area contributed by atoms with Crippen molar-refractivity contribution in [3.8, 4) is 0 Å². The summed E-state index contributed by atoms with van der Waals surface area (Å²) in [6.07, 6.45) is 4.57. The van der Waals surface area contributed by atoms with Crippen molar-refractivity contribution in [3.63, 3.8) is 0 Å². The molecule has 0 aliphatic rings. The van der Waals surface area contributed by atoms with E-state index in [9.17, 15) is 13.2 Å². The summed E-state index contributed by atoms with van der Waals surface area (Å²) in [7, 11) is -3.10. The average Bonchev–Trinajstić information content (AvgIpc) is 2.64. The second kappa shape index (κ2) is 8.53. The van der Waals surface area contributed by atoms with Crippen LogP contribution in [-0.4, -0.2) is 30.5 Å². The molecule has 1 N–H and O–H groups in total. The molecular weight excluding hydrogens is 394 g/mol. The van der Waals surface area contributed by atoms with Gasteiger partial charge >= 0.3 is 0 Å². The lowest BCUT2D eigenvalue weighted by Crippen LogP contribution is -2.13. The maximum absolute atomic E-state index is 12.5. The highest BCUT2D eigenvalue weighted by atomic mass is 32.2. The molecule has 1 aromatic heterocycles. The minimum absolute atomic E-state index is 0.0434. The number of hydrogen-bond acceptors (Lipinski definition) is 6. The number of aromatic nitrogens is 2. The van der Waals surface area contributed by atoms with E-state index in [-0.39, 0.29) is 11.7 Å². The summed E-state index contributed by atoms with van der Waals surface area (Å²) in [4.78, 5) is 21.8. The minimum Gasteiger partial charge on any atom is -0.322 e. The molecule has 0 saturated carbocycles. The highest BCUT2D eigenvalue weighted by Crippen LogP contribution is 2.28. The van der Waals surface area contributed by atoms with Gasteiger partial charge in [-0.25, -0.2) is 18.4 Å². The lowest BCUT2D eigenvalue weighted by Gasteiger charge is -2.10. The summed E-state index contributed by atoms with van der Waals surface area (Å²) in [5.41, 5.74) is 2.75. The molecule has 3 rings (SSSR count). The van der Waals surface area contributed by atoms with Crippen LogP contribution in [0.4, 0.5) is 5.69 Å². The van der Waals surface area contributed by atoms with Crippen LogP contribution >= 0.6 is 11.8 Å². The number of aryl methyl sites for hydroxylation is 1. The number of nitrogens with zero attached hydrogens (tertiary/aromatic N) is 2. The van der Waals surface area contributed by atoms with Gasteiger partial charge in [-0.15, -0.1) is 0 Å². The van der Waals surface area contributed by atoms with Gasteiger partial charge in [-0.2, -0.15) is 0 Å². The molecule has 0 spiro atoms. The van der Waals surface area contributed by atoms with E-state index in [1.165, 1.54) is 18.0 Å². The topological polar surface area (TPSA) is 89.0 Å². The molecule has 144 valence electrons. The Morgan fingerprint density at radius 2 is 1.75 bits per heavy atom. The molecule has 0 unspecified atom stereocenters. The Balaban J connectivity index is 1.68. The van der Waals surface area contributed by atoms with E-state index in [2.05, 4.69) is 15.3 Å². The summed E-state index contributed by atoms with van der Waals surface area (Å²) in [5.74, 6) is -0.293. The number of amides is 1. The molecule has 0 aliphatic carbocycles. The third-order valence-corrected chi connectivity index (χ3v) is 5.58. The molecule has 0 atom stereocenters. The van der Waals surface area contributed by atoms with Crippen molar-refractivity contribution in [1.82, 2.24) is 9.97 Å². The SMILES string of the molecule is Cc1cc(Sc2ncccn2)ccc1NC(=O)c1ccc(CS(C)(=O)=O)cc1. The smallest absolute Gasteiger partial charge is 0.255 e. The number of sulfone groups is 1. The summed E-state index contributed by atoms with van der Waals surface area (Å²) in [6.45, 7) is 1.92. The summed E-state index contributed by atoms with van der Waals surface area (Å²) in [6, 6.07) is 14.0. The molecular formula is C20H19N3O3S2. The lowest BCUT2D eigenvalue weighted by molar-refractivity contribution is 0.102. The Hall–Kier alpha value is -2.71. The fraction of sp³-hybridized carbons (Fsp3) is 0.150. The Morgan fingerprint density at radius 3 is 2.36 bits per heavy atom. The number of hydrogen-bond donors (Lipinski definition) is 1. The fourth-order valence-electron chi connectivity index (χ4n) is 2.53. The molecule has 6 nitrogen and oxygen atoms in total. The molecule has 2 aromatic carbocycles. The van der Waals surface area contributed by atoms with E-state index in [1.54, 1.807) is 42.7 Å². The molecule has 0 saturated heterocycles. The first-order valence-corrected chi connectivity index (χ1v) is 11.3. The summed E-state index contributed by atoms with van der Waals surface area (Å²) in [5, 5.41) is 3.55. The highest BCUT2D eigenvalue weighted by molar-refractivity contribution is 7.99. The van der Waals surface area contributed by atoms with E-state index < -0.39 is 9.84 Å². The van der Waals surface area contributed by atoms with Crippen LogP contribution in [0.2, 0.25) is 0 Å². The molecule has 0 bridgehead atoms. The van der Waals surface area contributed by atoms with Crippen molar-refractivity contribution >= 4 is 33.2 Å². The van der Waals surface area contributed by atoms with Crippen LogP contribution in [0.15, 0.2) is 71.0 Å². The molecule has 3 aromatic rings. The first-order chi connectivity index (χ1) is 13.3. The summed E-state index contributed by atoms with van der Waals surface area (Å²) < 4.78 is 22.7. The second-order valence-electron chi connectivity index (χ2n) is 6.33. The van der Waals surface area contributed by atoms with Crippen LogP contribution < -0.4 is 5.32 Å². The van der Waals surface area contributed by atoms with E-state index in [0.29, 0.717) is 22.0 Å². The maximum Gasteiger partial charge on any atom is 0.255 e. The van der Waals surface area contributed by atoms with Crippen molar-refractivity contribution < 1.29 is 13.2 Å². The van der Waals surface area contributed by atoms with Crippen molar-refractivity contribution in [2.24, 2.45) is 0 Å². The standard InChI is InChI=1S/C20H19N3O3S2/c1-14-12-17(27-20-21-10-3-11-22-20)8-9-18(14)23-19(24)16-6-4-15(5-7-16)13-28(2,25)26/h3-12H,13H2,1-2H3,(H,23,24). The van der Waals surface area contributed by atoms with Crippen molar-refractivity contribution in [3.05, 3.63) is 77.6 Å². The van der Waals surface area contributed by atoms with Crippen molar-refractivity contribution in [2.75, 3.05) is 11.6 Å². The van der Waals surface area contributed by atoms with Crippen LogP contribution in [0.1, 0.15) is 21.5 Å². The third kappa shape index (κ3) is 5.64. The van der Waals surface area contributed by atoms with Crippen LogP contribution in [0.3, 0.4) is 0 Å². The van der Waals surface area contributed by atoms with E-state index in [4.69, 9.17) is 0 Å². The van der Waals surface area contributed by atoms with Crippen molar-refractivity contribution in [2.45, 2.75) is 22.7 Å². The number of nitrogens with one attached hydrogen (secondary N) is 1. The third-order valence-electron chi connectivity index (χ3n) is 3.84. The van der Waals surface area contributed by atoms with Gasteiger partial charge in [0.2, 0.25) is 0 Å². The van der Waals surface area contributed by atoms with Gasteiger partial charge < -0.3 is 5.32 Å². The molecule has 0 fully saturated rings. The number of benzene rings is 2. The Bertz CT molecular complexity index is 1080. The van der Waals surface area contributed by atoms with Gasteiger partial charge in [-0.1, -0.05) is 12.1 Å². The first kappa shape index (κ1) is 20.0. The van der Waals surface area contributed by atoms with Crippen LogP contribution in [0.25, 0.3) is 0 Å². The average molecular weight is 414 g/mol. The van der Waals surface area contributed by atoms with Gasteiger partial charge in [-0.05, 0) is 66.2 Å². The van der Waals surface area contributed by atoms with Gasteiger partial charge in [0.25, 0.3) is 5.91 Å². The molecule has 1 amide bonds. The predicted octanol–water partition coefficient (Wildman–Crippen LogP) is 3.73.